The van der Waals surface area contributed by atoms with Gasteiger partial charge >= 0.3 is 139 Å². The van der Waals surface area contributed by atoms with E-state index in [9.17, 15) is 26.3 Å². The zero-order valence-corrected chi connectivity index (χ0v) is 14.2. The van der Waals surface area contributed by atoms with Gasteiger partial charge in [0.15, 0.2) is 0 Å². The Hall–Kier alpha value is -0.120. The van der Waals surface area contributed by atoms with Crippen molar-refractivity contribution in [1.29, 1.82) is 0 Å². The summed E-state index contributed by atoms with van der Waals surface area (Å²) in [6.07, 6.45) is -10.4. The van der Waals surface area contributed by atoms with Crippen LogP contribution in [0.15, 0.2) is 10.3 Å². The van der Waals surface area contributed by atoms with Gasteiger partial charge in [-0.25, -0.2) is 0 Å². The first kappa shape index (κ1) is 17.3. The molecule has 138 valence electrons. The maximum absolute atomic E-state index is 14.1. The van der Waals surface area contributed by atoms with Crippen molar-refractivity contribution < 1.29 is 26.3 Å². The van der Waals surface area contributed by atoms with Crippen molar-refractivity contribution in [1.82, 2.24) is 18.7 Å². The van der Waals surface area contributed by atoms with E-state index in [2.05, 4.69) is 0 Å². The normalized spacial score (nSPS) is 33.2. The van der Waals surface area contributed by atoms with Crippen molar-refractivity contribution in [3.05, 3.63) is 10.3 Å². The minimum absolute atomic E-state index is 0.340. The third kappa shape index (κ3) is 1.66. The van der Waals surface area contributed by atoms with Crippen LogP contribution < -0.4 is 0 Å². The summed E-state index contributed by atoms with van der Waals surface area (Å²) in [5.41, 5.74) is 0. The summed E-state index contributed by atoms with van der Waals surface area (Å²) in [6.45, 7) is 2.72. The summed E-state index contributed by atoms with van der Waals surface area (Å²) >= 11 is 5.43. The van der Waals surface area contributed by atoms with Gasteiger partial charge in [-0.1, -0.05) is 0 Å². The fourth-order valence-electron chi connectivity index (χ4n) is 5.14. The predicted molar refractivity (Wildman–Crippen MR) is 78.2 cm³/mol. The van der Waals surface area contributed by atoms with Crippen LogP contribution in [0.3, 0.4) is 0 Å². The molecule has 4 aliphatic heterocycles. The zero-order valence-electron chi connectivity index (χ0n) is 12.5. The number of allylic oxidation sites excluding steroid dienone is 2. The summed E-state index contributed by atoms with van der Waals surface area (Å²) in [4.78, 5) is 0. The number of rotatable bonds is 1. The molecule has 0 bridgehead atoms. The molecule has 0 amide bonds. The summed E-state index contributed by atoms with van der Waals surface area (Å²) in [7, 11) is -4.42. The minimum atomic E-state index is -5.23. The summed E-state index contributed by atoms with van der Waals surface area (Å²) in [5, 5.41) is -3.57. The Kier molecular flexibility index (Phi) is 3.44. The van der Waals surface area contributed by atoms with E-state index < -0.39 is 29.9 Å². The summed E-state index contributed by atoms with van der Waals surface area (Å²) in [6, 6.07) is 0. The molecule has 0 radical (unpaired) electrons. The number of halogens is 7. The first-order chi connectivity index (χ1) is 11.0. The Morgan fingerprint density at radius 1 is 0.625 bits per heavy atom. The van der Waals surface area contributed by atoms with Crippen LogP contribution in [0.5, 0.6) is 0 Å². The first-order valence-electron chi connectivity index (χ1n) is 7.63. The SMILES string of the molecule is FC(F)(F)/C(Cl)=C(\C(F)(F)F)P123N4CCN1CCN2CCN3CC4. The second kappa shape index (κ2) is 4.78. The molecular formula is C12H16ClF6N4P. The predicted octanol–water partition coefficient (Wildman–Crippen LogP) is 3.04. The maximum atomic E-state index is 14.1. The van der Waals surface area contributed by atoms with E-state index in [4.69, 9.17) is 11.6 Å². The van der Waals surface area contributed by atoms with Gasteiger partial charge in [0.25, 0.3) is 0 Å². The van der Waals surface area contributed by atoms with Gasteiger partial charge in [-0.3, -0.25) is 0 Å². The van der Waals surface area contributed by atoms with Crippen molar-refractivity contribution in [3.8, 4) is 0 Å². The van der Waals surface area contributed by atoms with Crippen molar-refractivity contribution in [2.45, 2.75) is 12.4 Å². The molecule has 4 fully saturated rings. The van der Waals surface area contributed by atoms with Crippen molar-refractivity contribution in [2.75, 3.05) is 52.4 Å². The molecule has 4 saturated heterocycles. The van der Waals surface area contributed by atoms with Gasteiger partial charge in [-0.05, 0) is 0 Å². The third-order valence-electron chi connectivity index (χ3n) is 5.67. The van der Waals surface area contributed by atoms with E-state index in [1.54, 1.807) is 18.7 Å². The average Bonchev–Trinajstić information content (AvgIpc) is 3.04. The molecule has 24 heavy (non-hydrogen) atoms. The van der Waals surface area contributed by atoms with Crippen LogP contribution in [0.1, 0.15) is 0 Å². The average molecular weight is 397 g/mol. The second-order valence-corrected chi connectivity index (χ2v) is 11.4. The number of alkyl halides is 6. The molecule has 0 unspecified atom stereocenters. The number of nitrogens with zero attached hydrogens (tertiary/aromatic N) is 4. The Morgan fingerprint density at radius 2 is 0.917 bits per heavy atom. The van der Waals surface area contributed by atoms with Gasteiger partial charge in [0.1, 0.15) is 0 Å². The standard InChI is InChI=1S/C12H16ClF6N4P/c13-9(11(14,15)16)10(12(17,18)19)24-20-1-2-21(24)5-6-23(24)8-7-22(24)4-3-20/h1-8H2/b10-9-. The molecule has 0 saturated carbocycles. The molecule has 0 N–H and O–H groups in total. The van der Waals surface area contributed by atoms with Gasteiger partial charge in [0, 0.05) is 0 Å². The molecule has 1 spiro atoms. The molecule has 0 aromatic carbocycles. The van der Waals surface area contributed by atoms with Gasteiger partial charge in [0.05, 0.1) is 0 Å². The van der Waals surface area contributed by atoms with E-state index in [1.165, 1.54) is 0 Å². The number of hydrogen-bond acceptors (Lipinski definition) is 4. The molecule has 4 heterocycles. The second-order valence-electron chi connectivity index (χ2n) is 6.41. The van der Waals surface area contributed by atoms with Crippen LogP contribution in [0, 0.1) is 0 Å². The molecule has 0 aromatic heterocycles. The van der Waals surface area contributed by atoms with Crippen LogP contribution in [-0.2, 0) is 0 Å². The molecule has 0 atom stereocenters. The van der Waals surface area contributed by atoms with Crippen LogP contribution >= 0.6 is 18.8 Å². The topological polar surface area (TPSA) is 13.0 Å². The fourth-order valence-corrected chi connectivity index (χ4v) is 13.6. The zero-order chi connectivity index (χ0) is 17.6. The quantitative estimate of drug-likeness (QED) is 0.499. The van der Waals surface area contributed by atoms with Gasteiger partial charge < -0.3 is 0 Å². The molecule has 4 aliphatic rings. The van der Waals surface area contributed by atoms with Gasteiger partial charge in [-0.15, -0.1) is 0 Å². The Labute approximate surface area is 139 Å². The van der Waals surface area contributed by atoms with E-state index in [-0.39, 0.29) is 0 Å². The monoisotopic (exact) mass is 396 g/mol. The van der Waals surface area contributed by atoms with Crippen molar-refractivity contribution >= 4 is 18.8 Å². The summed E-state index contributed by atoms with van der Waals surface area (Å²) < 4.78 is 88.8. The third-order valence-corrected chi connectivity index (χ3v) is 13.3. The molecule has 4 rings (SSSR count). The fraction of sp³-hybridized carbons (Fsp3) is 0.833. The van der Waals surface area contributed by atoms with Crippen molar-refractivity contribution in [2.24, 2.45) is 0 Å². The molecule has 4 nitrogen and oxygen atoms in total. The van der Waals surface area contributed by atoms with Crippen LogP contribution in [0.25, 0.3) is 0 Å². The molecule has 12 heteroatoms. The first-order valence-corrected chi connectivity index (χ1v) is 10.1. The number of hydrogen-bond donors (Lipinski definition) is 0. The van der Waals surface area contributed by atoms with Crippen LogP contribution in [0.2, 0.25) is 0 Å². The van der Waals surface area contributed by atoms with Crippen LogP contribution in [0.4, 0.5) is 26.3 Å². The molecule has 0 aliphatic carbocycles. The van der Waals surface area contributed by atoms with E-state index >= 15 is 0 Å². The Bertz CT molecular complexity index is 544. The van der Waals surface area contributed by atoms with Gasteiger partial charge in [0.2, 0.25) is 0 Å². The molecule has 0 aromatic rings. The van der Waals surface area contributed by atoms with E-state index in [0.717, 1.165) is 0 Å². The van der Waals surface area contributed by atoms with E-state index in [0.29, 0.717) is 52.4 Å². The Balaban J connectivity index is 2.10. The van der Waals surface area contributed by atoms with E-state index in [1.807, 2.05) is 0 Å². The Morgan fingerprint density at radius 3 is 1.12 bits per heavy atom. The summed E-state index contributed by atoms with van der Waals surface area (Å²) in [5.74, 6) is 0. The van der Waals surface area contributed by atoms with Crippen molar-refractivity contribution in [3.63, 3.8) is 0 Å². The van der Waals surface area contributed by atoms with Gasteiger partial charge in [-0.2, -0.15) is 0 Å². The molecular weight excluding hydrogens is 381 g/mol. The van der Waals surface area contributed by atoms with Crippen LogP contribution in [-0.4, -0.2) is 83.4 Å².